The molecular weight excluding hydrogens is 1170 g/mol. The van der Waals surface area contributed by atoms with Crippen molar-refractivity contribution in [2.75, 3.05) is 26.4 Å². The molecule has 0 aliphatic carbocycles. The van der Waals surface area contributed by atoms with Gasteiger partial charge in [0.2, 0.25) is 0 Å². The van der Waals surface area contributed by atoms with Crippen molar-refractivity contribution in [2.24, 2.45) is 5.73 Å². The highest BCUT2D eigenvalue weighted by Crippen LogP contribution is 2.43. The molecule has 3 N–H and O–H groups in total. The molecule has 542 valence electrons. The predicted octanol–water partition coefficient (Wildman–Crippen LogP) is 26.9. The van der Waals surface area contributed by atoms with E-state index >= 15 is 0 Å². The molecule has 0 bridgehead atoms. The van der Waals surface area contributed by atoms with Crippen molar-refractivity contribution < 1.29 is 37.6 Å². The Morgan fingerprint density at radius 1 is 0.333 bits per heavy atom. The molecule has 0 aliphatic heterocycles. The highest BCUT2D eigenvalue weighted by atomic mass is 31.2. The summed E-state index contributed by atoms with van der Waals surface area (Å²) in [5, 5.41) is 0. The molecule has 9 nitrogen and oxygen atoms in total. The smallest absolute Gasteiger partial charge is 0.462 e. The van der Waals surface area contributed by atoms with E-state index < -0.39 is 26.5 Å². The second-order valence-corrected chi connectivity index (χ2v) is 28.4. The van der Waals surface area contributed by atoms with Crippen LogP contribution in [0.1, 0.15) is 399 Å². The molecule has 0 fully saturated rings. The van der Waals surface area contributed by atoms with Gasteiger partial charge in [0.05, 0.1) is 13.2 Å². The summed E-state index contributed by atoms with van der Waals surface area (Å²) in [6, 6.07) is 0. The number of phosphoric acid groups is 1. The first-order valence-corrected chi connectivity index (χ1v) is 41.6. The van der Waals surface area contributed by atoms with E-state index in [0.29, 0.717) is 6.42 Å². The monoisotopic (exact) mass is 1320 g/mol. The topological polar surface area (TPSA) is 134 Å². The first-order chi connectivity index (χ1) is 45.8. The summed E-state index contributed by atoms with van der Waals surface area (Å²) in [6.07, 6.45) is 106. The zero-order valence-electron chi connectivity index (χ0n) is 61.2. The van der Waals surface area contributed by atoms with Crippen LogP contribution in [-0.2, 0) is 32.7 Å². The Bertz CT molecular complexity index is 1810. The van der Waals surface area contributed by atoms with Gasteiger partial charge >= 0.3 is 19.8 Å². The standard InChI is InChI=1S/C83H152NO8P/c1-3-5-7-9-11-13-15-17-19-21-23-25-27-29-31-33-35-37-39-40-42-43-45-47-49-51-53-55-57-59-61-63-65-67-69-71-73-75-82(85)89-79-81(80-91-93(87,88)90-78-77-84)92-83(86)76-74-72-70-68-66-64-62-60-58-56-54-52-50-48-46-44-41-38-36-34-32-30-28-26-24-22-20-18-16-14-12-10-8-6-4-2/h6,8,12,14-15,17-18,20-21,23-24,26,30,32,81H,3-5,7,9-11,13,16,19,22,25,27-29,31,33-80,84H2,1-2H3,(H,87,88)/b8-6-,14-12-,17-15-,20-18-,23-21-,26-24-,32-30-. The van der Waals surface area contributed by atoms with Gasteiger partial charge in [-0.3, -0.25) is 18.6 Å². The summed E-state index contributed by atoms with van der Waals surface area (Å²) in [4.78, 5) is 35.5. The zero-order chi connectivity index (χ0) is 67.2. The van der Waals surface area contributed by atoms with Gasteiger partial charge in [-0.05, 0) is 89.9 Å². The van der Waals surface area contributed by atoms with Gasteiger partial charge < -0.3 is 20.1 Å². The predicted molar refractivity (Wildman–Crippen MR) is 404 cm³/mol. The van der Waals surface area contributed by atoms with Crippen molar-refractivity contribution in [3.05, 3.63) is 85.1 Å². The summed E-state index contributed by atoms with van der Waals surface area (Å²) in [5.74, 6) is -0.807. The van der Waals surface area contributed by atoms with Crippen LogP contribution in [0, 0.1) is 0 Å². The van der Waals surface area contributed by atoms with Crippen LogP contribution in [0.2, 0.25) is 0 Å². The van der Waals surface area contributed by atoms with Gasteiger partial charge in [-0.25, -0.2) is 4.57 Å². The van der Waals surface area contributed by atoms with E-state index in [4.69, 9.17) is 24.3 Å². The minimum absolute atomic E-state index is 0.0541. The number of phosphoric ester groups is 1. The van der Waals surface area contributed by atoms with Gasteiger partial charge in [0, 0.05) is 19.4 Å². The van der Waals surface area contributed by atoms with E-state index in [1.807, 2.05) is 0 Å². The van der Waals surface area contributed by atoms with E-state index in [0.717, 1.165) is 70.6 Å². The van der Waals surface area contributed by atoms with Crippen molar-refractivity contribution in [1.29, 1.82) is 0 Å². The Hall–Kier alpha value is -2.81. The highest BCUT2D eigenvalue weighted by molar-refractivity contribution is 7.47. The van der Waals surface area contributed by atoms with Gasteiger partial charge in [0.25, 0.3) is 0 Å². The van der Waals surface area contributed by atoms with Crippen LogP contribution in [0.15, 0.2) is 85.1 Å². The number of nitrogens with two attached hydrogens (primary N) is 1. The second-order valence-electron chi connectivity index (χ2n) is 26.9. The average Bonchev–Trinajstić information content (AvgIpc) is 3.70. The van der Waals surface area contributed by atoms with Gasteiger partial charge in [0.15, 0.2) is 6.10 Å². The maximum atomic E-state index is 12.8. The van der Waals surface area contributed by atoms with E-state index in [-0.39, 0.29) is 38.6 Å². The molecule has 0 rings (SSSR count). The van der Waals surface area contributed by atoms with Crippen LogP contribution >= 0.6 is 7.82 Å². The summed E-state index contributed by atoms with van der Waals surface area (Å²) in [7, 11) is -4.40. The number of rotatable bonds is 76. The normalized spacial score (nSPS) is 13.3. The molecule has 0 aromatic heterocycles. The van der Waals surface area contributed by atoms with E-state index in [1.165, 1.54) is 295 Å². The SMILES string of the molecule is CC/C=C\C/C=C\C/C=C\C/C=C\C/C=C\CCCCCCCCCCCCCCCCCCCCCC(=O)OC(COC(=O)CCCCCCCCCCCCCCCCCCCCCCCCCCC/C=C\C/C=C\CCCCCCC)COP(=O)(O)OCCN. The largest absolute Gasteiger partial charge is 0.472 e. The Morgan fingerprint density at radius 3 is 0.882 bits per heavy atom. The van der Waals surface area contributed by atoms with Crippen LogP contribution in [0.25, 0.3) is 0 Å². The first-order valence-electron chi connectivity index (χ1n) is 40.1. The number of hydrogen-bond acceptors (Lipinski definition) is 8. The lowest BCUT2D eigenvalue weighted by Crippen LogP contribution is -2.29. The number of allylic oxidation sites excluding steroid dienone is 14. The molecule has 10 heteroatoms. The molecule has 0 saturated carbocycles. The fraction of sp³-hybridized carbons (Fsp3) is 0.807. The van der Waals surface area contributed by atoms with Crippen LogP contribution in [0.5, 0.6) is 0 Å². The molecule has 0 aliphatic rings. The number of unbranched alkanes of at least 4 members (excludes halogenated alkanes) is 49. The third-order valence-electron chi connectivity index (χ3n) is 17.8. The van der Waals surface area contributed by atoms with E-state index in [2.05, 4.69) is 98.9 Å². The molecule has 0 heterocycles. The fourth-order valence-electron chi connectivity index (χ4n) is 11.9. The van der Waals surface area contributed by atoms with E-state index in [1.54, 1.807) is 0 Å². The molecule has 0 amide bonds. The van der Waals surface area contributed by atoms with Crippen LogP contribution in [0.4, 0.5) is 0 Å². The lowest BCUT2D eigenvalue weighted by atomic mass is 10.0. The van der Waals surface area contributed by atoms with Crippen LogP contribution in [0.3, 0.4) is 0 Å². The molecule has 93 heavy (non-hydrogen) atoms. The maximum Gasteiger partial charge on any atom is 0.472 e. The molecular formula is C83H152NO8P. The lowest BCUT2D eigenvalue weighted by molar-refractivity contribution is -0.161. The highest BCUT2D eigenvalue weighted by Gasteiger charge is 2.26. The third kappa shape index (κ3) is 78.1. The molecule has 0 radical (unpaired) electrons. The maximum absolute atomic E-state index is 12.8. The van der Waals surface area contributed by atoms with Gasteiger partial charge in [-0.15, -0.1) is 0 Å². The summed E-state index contributed by atoms with van der Waals surface area (Å²) in [6.45, 7) is 3.68. The van der Waals surface area contributed by atoms with Gasteiger partial charge in [0.1, 0.15) is 6.61 Å². The quantitative estimate of drug-likeness (QED) is 0.0264. The average molecular weight is 1320 g/mol. The Balaban J connectivity index is 3.77. The molecule has 2 atom stereocenters. The number of hydrogen-bond donors (Lipinski definition) is 2. The number of carbonyl (C=O) groups is 2. The van der Waals surface area contributed by atoms with Crippen molar-refractivity contribution in [2.45, 2.75) is 405 Å². The first kappa shape index (κ1) is 90.2. The summed E-state index contributed by atoms with van der Waals surface area (Å²) in [5.41, 5.74) is 5.42. The minimum atomic E-state index is -4.40. The Labute approximate surface area is 576 Å². The third-order valence-corrected chi connectivity index (χ3v) is 18.7. The van der Waals surface area contributed by atoms with Crippen molar-refractivity contribution in [1.82, 2.24) is 0 Å². The summed E-state index contributed by atoms with van der Waals surface area (Å²) < 4.78 is 33.3. The van der Waals surface area contributed by atoms with E-state index in [9.17, 15) is 19.0 Å². The van der Waals surface area contributed by atoms with Crippen LogP contribution in [-0.4, -0.2) is 49.3 Å². The van der Waals surface area contributed by atoms with Crippen molar-refractivity contribution >= 4 is 19.8 Å². The van der Waals surface area contributed by atoms with Gasteiger partial charge in [-0.1, -0.05) is 381 Å². The number of ether oxygens (including phenoxy) is 2. The lowest BCUT2D eigenvalue weighted by Gasteiger charge is -2.19. The number of esters is 2. The van der Waals surface area contributed by atoms with Crippen LogP contribution < -0.4 is 5.73 Å². The molecule has 0 aromatic carbocycles. The molecule has 2 unspecified atom stereocenters. The van der Waals surface area contributed by atoms with Crippen molar-refractivity contribution in [3.63, 3.8) is 0 Å². The fourth-order valence-corrected chi connectivity index (χ4v) is 12.6. The second kappa shape index (κ2) is 78.2. The Kier molecular flexibility index (Phi) is 75.8. The molecule has 0 spiro atoms. The molecule has 0 aromatic rings. The van der Waals surface area contributed by atoms with Crippen molar-refractivity contribution in [3.8, 4) is 0 Å². The summed E-state index contributed by atoms with van der Waals surface area (Å²) >= 11 is 0. The zero-order valence-corrected chi connectivity index (χ0v) is 62.1. The number of carbonyl (C=O) groups excluding carboxylic acids is 2. The molecule has 0 saturated heterocycles. The minimum Gasteiger partial charge on any atom is -0.462 e. The Morgan fingerprint density at radius 2 is 0.591 bits per heavy atom. The van der Waals surface area contributed by atoms with Gasteiger partial charge in [-0.2, -0.15) is 0 Å².